The first-order valence-electron chi connectivity index (χ1n) is 5.19. The predicted molar refractivity (Wildman–Crippen MR) is 61.0 cm³/mol. The topological polar surface area (TPSA) is 93.4 Å². The van der Waals surface area contributed by atoms with E-state index in [2.05, 4.69) is 5.32 Å². The fourth-order valence-electron chi connectivity index (χ4n) is 1.31. The molecule has 1 rings (SSSR count). The van der Waals surface area contributed by atoms with Crippen molar-refractivity contribution < 1.29 is 15.0 Å². The van der Waals surface area contributed by atoms with Gasteiger partial charge in [-0.2, -0.15) is 5.26 Å². The van der Waals surface area contributed by atoms with Crippen LogP contribution in [0.15, 0.2) is 24.3 Å². The lowest BCUT2D eigenvalue weighted by Crippen LogP contribution is -2.40. The molecule has 0 aromatic heterocycles. The Bertz CT molecular complexity index is 405. The Kier molecular flexibility index (Phi) is 5.14. The smallest absolute Gasteiger partial charge is 0.224 e. The van der Waals surface area contributed by atoms with E-state index in [0.29, 0.717) is 5.56 Å². The number of carbonyl (C=O) groups is 1. The fraction of sp³-hybridized carbons (Fsp3) is 0.333. The number of aliphatic hydroxyl groups excluding tert-OH is 2. The van der Waals surface area contributed by atoms with Crippen molar-refractivity contribution in [2.45, 2.75) is 12.5 Å². The van der Waals surface area contributed by atoms with Gasteiger partial charge in [0, 0.05) is 0 Å². The molecule has 0 radical (unpaired) electrons. The molecule has 5 heteroatoms. The first kappa shape index (κ1) is 13.2. The zero-order valence-electron chi connectivity index (χ0n) is 9.26. The van der Waals surface area contributed by atoms with Crippen molar-refractivity contribution in [2.24, 2.45) is 0 Å². The molecule has 0 unspecified atom stereocenters. The molecule has 0 aliphatic carbocycles. The van der Waals surface area contributed by atoms with Gasteiger partial charge in [0.05, 0.1) is 37.3 Å². The predicted octanol–water partition coefficient (Wildman–Crippen LogP) is -0.430. The van der Waals surface area contributed by atoms with Gasteiger partial charge >= 0.3 is 0 Å². The number of hydrogen-bond acceptors (Lipinski definition) is 4. The van der Waals surface area contributed by atoms with Crippen LogP contribution in [0.3, 0.4) is 0 Å². The van der Waals surface area contributed by atoms with Gasteiger partial charge in [0.2, 0.25) is 5.91 Å². The summed E-state index contributed by atoms with van der Waals surface area (Å²) in [5, 5.41) is 28.7. The lowest BCUT2D eigenvalue weighted by Gasteiger charge is -2.13. The van der Waals surface area contributed by atoms with Crippen LogP contribution in [0.5, 0.6) is 0 Å². The van der Waals surface area contributed by atoms with Crippen molar-refractivity contribution in [1.29, 1.82) is 5.26 Å². The number of nitrogens with one attached hydrogen (secondary N) is 1. The lowest BCUT2D eigenvalue weighted by molar-refractivity contribution is -0.121. The van der Waals surface area contributed by atoms with Crippen molar-refractivity contribution in [3.05, 3.63) is 35.4 Å². The number of nitriles is 1. The Balaban J connectivity index is 2.53. The molecule has 0 saturated heterocycles. The third-order valence-electron chi connectivity index (χ3n) is 2.25. The van der Waals surface area contributed by atoms with Crippen molar-refractivity contribution in [3.8, 4) is 6.07 Å². The monoisotopic (exact) mass is 234 g/mol. The summed E-state index contributed by atoms with van der Waals surface area (Å²) in [5.74, 6) is -0.275. The molecule has 0 aliphatic rings. The van der Waals surface area contributed by atoms with Crippen molar-refractivity contribution in [1.82, 2.24) is 5.32 Å². The van der Waals surface area contributed by atoms with E-state index in [0.717, 1.165) is 5.56 Å². The zero-order chi connectivity index (χ0) is 12.7. The molecule has 3 N–H and O–H groups in total. The maximum absolute atomic E-state index is 11.5. The molecule has 0 atom stereocenters. The van der Waals surface area contributed by atoms with Gasteiger partial charge in [-0.05, 0) is 17.7 Å². The van der Waals surface area contributed by atoms with Crippen LogP contribution < -0.4 is 5.32 Å². The van der Waals surface area contributed by atoms with E-state index in [1.807, 2.05) is 6.07 Å². The van der Waals surface area contributed by atoms with Gasteiger partial charge in [0.1, 0.15) is 0 Å². The van der Waals surface area contributed by atoms with Gasteiger partial charge < -0.3 is 15.5 Å². The maximum atomic E-state index is 11.5. The molecule has 0 aliphatic heterocycles. The van der Waals surface area contributed by atoms with Gasteiger partial charge in [-0.25, -0.2) is 0 Å². The van der Waals surface area contributed by atoms with Crippen LogP contribution in [-0.2, 0) is 11.2 Å². The average Bonchev–Trinajstić information content (AvgIpc) is 2.37. The number of hydrogen-bond donors (Lipinski definition) is 3. The molecule has 0 bridgehead atoms. The Labute approximate surface area is 99.3 Å². The third-order valence-corrected chi connectivity index (χ3v) is 2.25. The molecule has 0 saturated carbocycles. The molecule has 0 spiro atoms. The minimum atomic E-state index is -0.624. The quantitative estimate of drug-likeness (QED) is 0.644. The van der Waals surface area contributed by atoms with E-state index in [1.165, 1.54) is 0 Å². The number of carbonyl (C=O) groups excluding carboxylic acids is 1. The number of aliphatic hydroxyl groups is 2. The fourth-order valence-corrected chi connectivity index (χ4v) is 1.31. The van der Waals surface area contributed by atoms with E-state index >= 15 is 0 Å². The minimum Gasteiger partial charge on any atom is -0.394 e. The van der Waals surface area contributed by atoms with Crippen LogP contribution in [0.1, 0.15) is 11.1 Å². The van der Waals surface area contributed by atoms with Crippen molar-refractivity contribution in [3.63, 3.8) is 0 Å². The first-order valence-corrected chi connectivity index (χ1v) is 5.19. The number of rotatable bonds is 5. The van der Waals surface area contributed by atoms with Gasteiger partial charge in [-0.15, -0.1) is 0 Å². The van der Waals surface area contributed by atoms with Crippen LogP contribution in [-0.4, -0.2) is 35.4 Å². The van der Waals surface area contributed by atoms with Gasteiger partial charge in [-0.1, -0.05) is 12.1 Å². The SMILES string of the molecule is N#Cc1ccc(CC(=O)NC(CO)CO)cc1. The van der Waals surface area contributed by atoms with Gasteiger partial charge in [0.15, 0.2) is 0 Å². The normalized spacial score (nSPS) is 10.0. The second-order valence-electron chi connectivity index (χ2n) is 3.62. The number of amides is 1. The molecular weight excluding hydrogens is 220 g/mol. The highest BCUT2D eigenvalue weighted by Crippen LogP contribution is 2.04. The molecule has 0 heterocycles. The van der Waals surface area contributed by atoms with E-state index in [1.54, 1.807) is 24.3 Å². The lowest BCUT2D eigenvalue weighted by atomic mass is 10.1. The molecule has 90 valence electrons. The Morgan fingerprint density at radius 2 is 1.88 bits per heavy atom. The molecule has 17 heavy (non-hydrogen) atoms. The summed E-state index contributed by atoms with van der Waals surface area (Å²) in [4.78, 5) is 11.5. The Morgan fingerprint density at radius 3 is 2.35 bits per heavy atom. The minimum absolute atomic E-state index is 0.155. The molecule has 0 fully saturated rings. The van der Waals surface area contributed by atoms with Crippen LogP contribution in [0.25, 0.3) is 0 Å². The Hall–Kier alpha value is -1.90. The summed E-state index contributed by atoms with van der Waals surface area (Å²) in [5.41, 5.74) is 1.31. The highest BCUT2D eigenvalue weighted by Gasteiger charge is 2.10. The summed E-state index contributed by atoms with van der Waals surface area (Å²) in [6.07, 6.45) is 0.155. The molecule has 1 aromatic rings. The third kappa shape index (κ3) is 4.23. The maximum Gasteiger partial charge on any atom is 0.224 e. The van der Waals surface area contributed by atoms with Gasteiger partial charge in [-0.3, -0.25) is 4.79 Å². The number of nitrogens with zero attached hydrogens (tertiary/aromatic N) is 1. The van der Waals surface area contributed by atoms with Crippen LogP contribution in [0.4, 0.5) is 0 Å². The number of benzene rings is 1. The van der Waals surface area contributed by atoms with E-state index < -0.39 is 6.04 Å². The molecule has 5 nitrogen and oxygen atoms in total. The highest BCUT2D eigenvalue weighted by molar-refractivity contribution is 5.78. The molecule has 1 aromatic carbocycles. The summed E-state index contributed by atoms with van der Waals surface area (Å²) >= 11 is 0. The molecule has 1 amide bonds. The molecular formula is C12H14N2O3. The van der Waals surface area contributed by atoms with Crippen molar-refractivity contribution >= 4 is 5.91 Å². The summed E-state index contributed by atoms with van der Waals surface area (Å²) < 4.78 is 0. The van der Waals surface area contributed by atoms with Crippen LogP contribution in [0.2, 0.25) is 0 Å². The van der Waals surface area contributed by atoms with Gasteiger partial charge in [0.25, 0.3) is 0 Å². The van der Waals surface area contributed by atoms with Crippen LogP contribution >= 0.6 is 0 Å². The zero-order valence-corrected chi connectivity index (χ0v) is 9.26. The summed E-state index contributed by atoms with van der Waals surface area (Å²) in [6, 6.07) is 8.04. The van der Waals surface area contributed by atoms with Crippen LogP contribution in [0, 0.1) is 11.3 Å². The van der Waals surface area contributed by atoms with E-state index in [9.17, 15) is 4.79 Å². The van der Waals surface area contributed by atoms with E-state index in [4.69, 9.17) is 15.5 Å². The summed E-state index contributed by atoms with van der Waals surface area (Å²) in [6.45, 7) is -0.592. The second kappa shape index (κ2) is 6.63. The second-order valence-corrected chi connectivity index (χ2v) is 3.62. The highest BCUT2D eigenvalue weighted by atomic mass is 16.3. The van der Waals surface area contributed by atoms with Crippen molar-refractivity contribution in [2.75, 3.05) is 13.2 Å². The first-order chi connectivity index (χ1) is 8.19. The van der Waals surface area contributed by atoms with E-state index in [-0.39, 0.29) is 25.5 Å². The Morgan fingerprint density at radius 1 is 1.29 bits per heavy atom. The standard InChI is InChI=1S/C12H14N2O3/c13-6-10-3-1-9(2-4-10)5-12(17)14-11(7-15)8-16/h1-4,11,15-16H,5,7-8H2,(H,14,17). The average molecular weight is 234 g/mol. The summed E-state index contributed by atoms with van der Waals surface area (Å²) in [7, 11) is 0. The largest absolute Gasteiger partial charge is 0.394 e.